The maximum Gasteiger partial charge on any atom is 0.335 e. The van der Waals surface area contributed by atoms with Crippen LogP contribution in [0, 0.1) is 5.41 Å². The molecular weight excluding hydrogens is 276 g/mol. The number of esters is 1. The number of amides is 1. The molecule has 2 atom stereocenters. The number of ether oxygens (including phenoxy) is 1. The van der Waals surface area contributed by atoms with Crippen LogP contribution in [0.15, 0.2) is 11.2 Å². The third-order valence-corrected chi connectivity index (χ3v) is 4.17. The normalized spacial score (nSPS) is 28.5. The van der Waals surface area contributed by atoms with Crippen molar-refractivity contribution in [3.05, 3.63) is 11.8 Å². The molecule has 0 bridgehead atoms. The Morgan fingerprint density at radius 2 is 2.19 bits per heavy atom. The fraction of sp³-hybridized carbons (Fsp3) is 0.462. The first-order valence-electron chi connectivity index (χ1n) is 6.52. The zero-order valence-electron chi connectivity index (χ0n) is 11.6. The number of nitrogens with two attached hydrogens (primary N) is 1. The van der Waals surface area contributed by atoms with Crippen molar-refractivity contribution in [3.8, 4) is 0 Å². The van der Waals surface area contributed by atoms with E-state index in [-0.39, 0.29) is 30.2 Å². The molecule has 1 aromatic rings. The number of nitrogens with zero attached hydrogens (tertiary/aromatic N) is 3. The van der Waals surface area contributed by atoms with Crippen LogP contribution < -0.4 is 5.73 Å². The monoisotopic (exact) mass is 290 g/mol. The fourth-order valence-electron chi connectivity index (χ4n) is 2.96. The maximum atomic E-state index is 12.4. The number of carbonyl (C=O) groups excluding carboxylic acids is 3. The summed E-state index contributed by atoms with van der Waals surface area (Å²) in [6.45, 7) is 3.27. The Labute approximate surface area is 120 Å². The molecule has 110 valence electrons. The van der Waals surface area contributed by atoms with E-state index in [4.69, 9.17) is 10.5 Å². The first-order valence-corrected chi connectivity index (χ1v) is 6.52. The second-order valence-corrected chi connectivity index (χ2v) is 5.20. The molecule has 2 N–H and O–H groups in total. The van der Waals surface area contributed by atoms with Crippen molar-refractivity contribution in [2.75, 3.05) is 6.61 Å². The molecule has 8 heteroatoms. The van der Waals surface area contributed by atoms with Gasteiger partial charge < -0.3 is 10.5 Å². The van der Waals surface area contributed by atoms with Gasteiger partial charge in [0.05, 0.1) is 12.8 Å². The predicted octanol–water partition coefficient (Wildman–Crippen LogP) is -0.0646. The van der Waals surface area contributed by atoms with E-state index in [0.717, 1.165) is 0 Å². The molecule has 1 aliphatic heterocycles. The minimum Gasteiger partial charge on any atom is -0.464 e. The topological polar surface area (TPSA) is 117 Å². The van der Waals surface area contributed by atoms with Crippen LogP contribution in [0.3, 0.4) is 0 Å². The van der Waals surface area contributed by atoms with Gasteiger partial charge in [0, 0.05) is 12.6 Å². The Kier molecular flexibility index (Phi) is 2.56. The number of aliphatic imine (C=N–C) groups is 1. The molecule has 1 aliphatic carbocycles. The van der Waals surface area contributed by atoms with E-state index in [2.05, 4.69) is 10.1 Å². The number of rotatable bonds is 4. The van der Waals surface area contributed by atoms with Gasteiger partial charge in [-0.25, -0.2) is 14.5 Å². The molecule has 1 aromatic heterocycles. The van der Waals surface area contributed by atoms with Crippen molar-refractivity contribution in [2.45, 2.75) is 25.8 Å². The highest BCUT2D eigenvalue weighted by Gasteiger charge is 2.79. The standard InChI is InChI=1S/C13H14N4O4/c1-3-21-11(20)13-5-12(13,7(2)18)6-15-10-8(9(14)19)4-16-17(10)13/h4,6H,3,5H2,1-2H3,(H2,14,19). The quantitative estimate of drug-likeness (QED) is 0.779. The van der Waals surface area contributed by atoms with Gasteiger partial charge >= 0.3 is 5.97 Å². The van der Waals surface area contributed by atoms with Crippen molar-refractivity contribution in [1.82, 2.24) is 9.78 Å². The van der Waals surface area contributed by atoms with Crippen LogP contribution in [0.5, 0.6) is 0 Å². The molecule has 21 heavy (non-hydrogen) atoms. The van der Waals surface area contributed by atoms with Gasteiger partial charge in [0.25, 0.3) is 5.91 Å². The third-order valence-electron chi connectivity index (χ3n) is 4.17. The van der Waals surface area contributed by atoms with Gasteiger partial charge in [0.15, 0.2) is 11.4 Å². The van der Waals surface area contributed by atoms with Crippen molar-refractivity contribution >= 4 is 29.7 Å². The summed E-state index contributed by atoms with van der Waals surface area (Å²) in [6, 6.07) is 0. The highest BCUT2D eigenvalue weighted by Crippen LogP contribution is 2.64. The Morgan fingerprint density at radius 3 is 2.76 bits per heavy atom. The van der Waals surface area contributed by atoms with Crippen LogP contribution in [0.4, 0.5) is 5.82 Å². The number of primary amides is 1. The lowest BCUT2D eigenvalue weighted by Crippen LogP contribution is -2.41. The average molecular weight is 290 g/mol. The number of ketones is 1. The SMILES string of the molecule is CCOC(=O)C12CC1(C(C)=O)C=Nc1c(C(N)=O)cnn12. The lowest BCUT2D eigenvalue weighted by atomic mass is 9.95. The van der Waals surface area contributed by atoms with Gasteiger partial charge in [-0.1, -0.05) is 0 Å². The van der Waals surface area contributed by atoms with Crippen molar-refractivity contribution in [3.63, 3.8) is 0 Å². The molecule has 0 saturated heterocycles. The number of aromatic nitrogens is 2. The second-order valence-electron chi connectivity index (χ2n) is 5.20. The summed E-state index contributed by atoms with van der Waals surface area (Å²) < 4.78 is 6.40. The smallest absolute Gasteiger partial charge is 0.335 e. The molecule has 2 unspecified atom stereocenters. The lowest BCUT2D eigenvalue weighted by Gasteiger charge is -2.24. The largest absolute Gasteiger partial charge is 0.464 e. The Balaban J connectivity index is 2.19. The van der Waals surface area contributed by atoms with Crippen molar-refractivity contribution < 1.29 is 19.1 Å². The summed E-state index contributed by atoms with van der Waals surface area (Å²) in [5.41, 5.74) is 3.07. The zero-order valence-corrected chi connectivity index (χ0v) is 11.6. The fourth-order valence-corrected chi connectivity index (χ4v) is 2.96. The van der Waals surface area contributed by atoms with E-state index < -0.39 is 22.8 Å². The van der Waals surface area contributed by atoms with Gasteiger partial charge in [0.2, 0.25) is 0 Å². The number of hydrogen-bond donors (Lipinski definition) is 1. The Hall–Kier alpha value is -2.51. The first-order chi connectivity index (χ1) is 9.90. The van der Waals surface area contributed by atoms with Crippen LogP contribution in [-0.4, -0.2) is 40.3 Å². The number of carbonyl (C=O) groups is 3. The van der Waals surface area contributed by atoms with E-state index >= 15 is 0 Å². The van der Waals surface area contributed by atoms with Crippen LogP contribution in [0.1, 0.15) is 30.6 Å². The summed E-state index contributed by atoms with van der Waals surface area (Å²) >= 11 is 0. The minimum absolute atomic E-state index is 0.110. The van der Waals surface area contributed by atoms with Crippen LogP contribution in [-0.2, 0) is 19.9 Å². The summed E-state index contributed by atoms with van der Waals surface area (Å²) in [7, 11) is 0. The van der Waals surface area contributed by atoms with E-state index in [1.54, 1.807) is 6.92 Å². The first kappa shape index (κ1) is 13.5. The molecule has 1 amide bonds. The molecule has 1 fully saturated rings. The van der Waals surface area contributed by atoms with Gasteiger partial charge in [0.1, 0.15) is 16.8 Å². The predicted molar refractivity (Wildman–Crippen MR) is 71.2 cm³/mol. The van der Waals surface area contributed by atoms with Crippen LogP contribution in [0.25, 0.3) is 0 Å². The van der Waals surface area contributed by atoms with Crippen LogP contribution in [0.2, 0.25) is 0 Å². The van der Waals surface area contributed by atoms with Crippen molar-refractivity contribution in [2.24, 2.45) is 16.1 Å². The molecule has 0 aromatic carbocycles. The van der Waals surface area contributed by atoms with E-state index in [1.807, 2.05) is 0 Å². The lowest BCUT2D eigenvalue weighted by molar-refractivity contribution is -0.151. The third kappa shape index (κ3) is 1.41. The van der Waals surface area contributed by atoms with Gasteiger partial charge in [-0.3, -0.25) is 9.59 Å². The molecule has 8 nitrogen and oxygen atoms in total. The summed E-state index contributed by atoms with van der Waals surface area (Å²) in [4.78, 5) is 39.9. The van der Waals surface area contributed by atoms with E-state index in [1.165, 1.54) is 24.0 Å². The second kappa shape index (κ2) is 4.00. The molecular formula is C13H14N4O4. The maximum absolute atomic E-state index is 12.4. The van der Waals surface area contributed by atoms with Gasteiger partial charge in [-0.05, 0) is 13.8 Å². The summed E-state index contributed by atoms with van der Waals surface area (Å²) in [5, 5.41) is 4.05. The number of fused-ring (bicyclic) bond motifs is 3. The zero-order chi connectivity index (χ0) is 15.4. The Morgan fingerprint density at radius 1 is 1.48 bits per heavy atom. The highest BCUT2D eigenvalue weighted by atomic mass is 16.5. The number of hydrogen-bond acceptors (Lipinski definition) is 6. The molecule has 1 saturated carbocycles. The number of Topliss-reactive ketones (excluding diaryl/α,β-unsaturated/α-hetero) is 1. The highest BCUT2D eigenvalue weighted by molar-refractivity contribution is 6.13. The van der Waals surface area contributed by atoms with E-state index in [0.29, 0.717) is 0 Å². The molecule has 0 spiro atoms. The summed E-state index contributed by atoms with van der Waals surface area (Å²) in [5.74, 6) is -1.25. The van der Waals surface area contributed by atoms with Crippen LogP contribution >= 0.6 is 0 Å². The Bertz CT molecular complexity index is 707. The molecule has 2 heterocycles. The summed E-state index contributed by atoms with van der Waals surface area (Å²) in [6.07, 6.45) is 2.89. The minimum atomic E-state index is -1.25. The van der Waals surface area contributed by atoms with Gasteiger partial charge in [-0.15, -0.1) is 0 Å². The average Bonchev–Trinajstić information content (AvgIpc) is 2.97. The van der Waals surface area contributed by atoms with Gasteiger partial charge in [-0.2, -0.15) is 5.10 Å². The molecule has 3 rings (SSSR count). The molecule has 2 aliphatic rings. The van der Waals surface area contributed by atoms with Crippen molar-refractivity contribution in [1.29, 1.82) is 0 Å². The van der Waals surface area contributed by atoms with E-state index in [9.17, 15) is 14.4 Å². The molecule has 0 radical (unpaired) electrons.